The molecule has 0 spiro atoms. The predicted molar refractivity (Wildman–Crippen MR) is 77.3 cm³/mol. The largest absolute Gasteiger partial charge is 0.380 e. The van der Waals surface area contributed by atoms with Crippen LogP contribution in [0, 0.1) is 24.1 Å². The molecule has 0 aliphatic rings. The minimum Gasteiger partial charge on any atom is -0.380 e. The van der Waals surface area contributed by atoms with Crippen LogP contribution in [0.2, 0.25) is 0 Å². The van der Waals surface area contributed by atoms with Crippen molar-refractivity contribution in [2.24, 2.45) is 0 Å². The summed E-state index contributed by atoms with van der Waals surface area (Å²) in [5, 5.41) is 12.2. The fourth-order valence-corrected chi connectivity index (χ4v) is 2.24. The lowest BCUT2D eigenvalue weighted by Crippen LogP contribution is -2.04. The van der Waals surface area contributed by atoms with Gasteiger partial charge in [-0.2, -0.15) is 5.26 Å². The Hall–Kier alpha value is -1.86. The molecule has 0 fully saturated rings. The minimum atomic E-state index is -0.262. The van der Waals surface area contributed by atoms with E-state index in [1.807, 2.05) is 25.1 Å². The molecule has 0 aliphatic carbocycles. The molecule has 0 heterocycles. The smallest absolute Gasteiger partial charge is 0.128 e. The van der Waals surface area contributed by atoms with Crippen molar-refractivity contribution >= 4 is 21.6 Å². The second-order valence-electron chi connectivity index (χ2n) is 4.20. The molecule has 19 heavy (non-hydrogen) atoms. The summed E-state index contributed by atoms with van der Waals surface area (Å²) in [4.78, 5) is 0. The molecule has 2 rings (SSSR count). The highest BCUT2D eigenvalue weighted by molar-refractivity contribution is 9.10. The zero-order chi connectivity index (χ0) is 13.8. The van der Waals surface area contributed by atoms with E-state index in [1.54, 1.807) is 12.1 Å². The molecule has 0 radical (unpaired) electrons. The molecule has 0 unspecified atom stereocenters. The Balaban J connectivity index is 2.22. The monoisotopic (exact) mass is 318 g/mol. The molecular weight excluding hydrogens is 307 g/mol. The molecule has 2 aromatic carbocycles. The van der Waals surface area contributed by atoms with Crippen LogP contribution in [-0.2, 0) is 6.54 Å². The summed E-state index contributed by atoms with van der Waals surface area (Å²) >= 11 is 3.32. The second kappa shape index (κ2) is 5.85. The van der Waals surface area contributed by atoms with Crippen LogP contribution in [0.4, 0.5) is 10.1 Å². The van der Waals surface area contributed by atoms with Gasteiger partial charge in [-0.3, -0.25) is 0 Å². The minimum absolute atomic E-state index is 0.262. The van der Waals surface area contributed by atoms with Crippen molar-refractivity contribution in [1.29, 1.82) is 5.26 Å². The third-order valence-electron chi connectivity index (χ3n) is 2.86. The number of nitrogens with one attached hydrogen (secondary N) is 1. The number of halogens is 2. The van der Waals surface area contributed by atoms with Gasteiger partial charge in [0.25, 0.3) is 0 Å². The molecule has 4 heteroatoms. The van der Waals surface area contributed by atoms with Gasteiger partial charge in [0.1, 0.15) is 11.9 Å². The Kier molecular flexibility index (Phi) is 4.18. The third-order valence-corrected chi connectivity index (χ3v) is 3.35. The predicted octanol–water partition coefficient (Wildman–Crippen LogP) is 4.38. The maximum absolute atomic E-state index is 13.6. The molecule has 0 aliphatic heterocycles. The molecule has 2 aromatic rings. The Morgan fingerprint density at radius 3 is 2.84 bits per heavy atom. The van der Waals surface area contributed by atoms with E-state index in [0.717, 1.165) is 15.7 Å². The first-order valence-corrected chi connectivity index (χ1v) is 6.58. The molecule has 0 saturated carbocycles. The maximum atomic E-state index is 13.6. The zero-order valence-electron chi connectivity index (χ0n) is 10.4. The van der Waals surface area contributed by atoms with Crippen LogP contribution in [0.5, 0.6) is 0 Å². The van der Waals surface area contributed by atoms with E-state index in [-0.39, 0.29) is 5.82 Å². The number of rotatable bonds is 3. The van der Waals surface area contributed by atoms with Crippen molar-refractivity contribution in [2.75, 3.05) is 5.32 Å². The van der Waals surface area contributed by atoms with Gasteiger partial charge in [-0.05, 0) is 36.8 Å². The van der Waals surface area contributed by atoms with Gasteiger partial charge in [0.2, 0.25) is 0 Å². The fourth-order valence-electron chi connectivity index (χ4n) is 1.83. The van der Waals surface area contributed by atoms with Crippen LogP contribution < -0.4 is 5.32 Å². The van der Waals surface area contributed by atoms with Gasteiger partial charge in [0, 0.05) is 16.6 Å². The Morgan fingerprint density at radius 1 is 1.32 bits per heavy atom. The van der Waals surface area contributed by atoms with Crippen LogP contribution >= 0.6 is 15.9 Å². The third kappa shape index (κ3) is 3.12. The lowest BCUT2D eigenvalue weighted by atomic mass is 10.1. The number of hydrogen-bond acceptors (Lipinski definition) is 2. The second-order valence-corrected chi connectivity index (χ2v) is 5.11. The summed E-state index contributed by atoms with van der Waals surface area (Å²) in [6.07, 6.45) is 0. The van der Waals surface area contributed by atoms with E-state index in [1.165, 1.54) is 6.07 Å². The highest BCUT2D eigenvalue weighted by Crippen LogP contribution is 2.21. The molecule has 0 bridgehead atoms. The summed E-state index contributed by atoms with van der Waals surface area (Å²) in [5.41, 5.74) is 2.78. The fraction of sp³-hybridized carbons (Fsp3) is 0.133. The van der Waals surface area contributed by atoms with Crippen LogP contribution in [0.3, 0.4) is 0 Å². The first-order valence-electron chi connectivity index (χ1n) is 5.79. The van der Waals surface area contributed by atoms with Gasteiger partial charge in [-0.25, -0.2) is 4.39 Å². The standard InChI is InChI=1S/C15H12BrFN2/c1-10-3-2-4-15(13(10)8-18)19-9-11-7-12(16)5-6-14(11)17/h2-7,19H,9H2,1H3. The van der Waals surface area contributed by atoms with Crippen molar-refractivity contribution in [3.8, 4) is 6.07 Å². The molecule has 96 valence electrons. The van der Waals surface area contributed by atoms with Crippen LogP contribution in [0.25, 0.3) is 0 Å². The Labute approximate surface area is 120 Å². The first kappa shape index (κ1) is 13.6. The van der Waals surface area contributed by atoms with Crippen molar-refractivity contribution in [2.45, 2.75) is 13.5 Å². The summed E-state index contributed by atoms with van der Waals surface area (Å²) in [6, 6.07) is 12.5. The number of nitriles is 1. The van der Waals surface area contributed by atoms with Crippen molar-refractivity contribution in [3.05, 3.63) is 63.4 Å². The Morgan fingerprint density at radius 2 is 2.11 bits per heavy atom. The van der Waals surface area contributed by atoms with Gasteiger partial charge in [-0.15, -0.1) is 0 Å². The van der Waals surface area contributed by atoms with Gasteiger partial charge in [-0.1, -0.05) is 28.1 Å². The first-order chi connectivity index (χ1) is 9.11. The zero-order valence-corrected chi connectivity index (χ0v) is 12.0. The molecule has 0 atom stereocenters. The Bertz CT molecular complexity index is 647. The van der Waals surface area contributed by atoms with E-state index >= 15 is 0 Å². The van der Waals surface area contributed by atoms with Crippen LogP contribution in [-0.4, -0.2) is 0 Å². The van der Waals surface area contributed by atoms with Gasteiger partial charge in [0.05, 0.1) is 11.3 Å². The van der Waals surface area contributed by atoms with E-state index in [2.05, 4.69) is 27.3 Å². The highest BCUT2D eigenvalue weighted by Gasteiger charge is 2.06. The van der Waals surface area contributed by atoms with Crippen molar-refractivity contribution < 1.29 is 4.39 Å². The lowest BCUT2D eigenvalue weighted by Gasteiger charge is -2.10. The lowest BCUT2D eigenvalue weighted by molar-refractivity contribution is 0.612. The number of aryl methyl sites for hydroxylation is 1. The number of anilines is 1. The van der Waals surface area contributed by atoms with Crippen LogP contribution in [0.1, 0.15) is 16.7 Å². The molecule has 1 N–H and O–H groups in total. The summed E-state index contributed by atoms with van der Waals surface area (Å²) < 4.78 is 14.4. The normalized spacial score (nSPS) is 10.0. The number of benzene rings is 2. The average molecular weight is 319 g/mol. The van der Waals surface area contributed by atoms with Crippen molar-refractivity contribution in [3.63, 3.8) is 0 Å². The molecular formula is C15H12BrFN2. The van der Waals surface area contributed by atoms with Gasteiger partial charge < -0.3 is 5.32 Å². The highest BCUT2D eigenvalue weighted by atomic mass is 79.9. The van der Waals surface area contributed by atoms with E-state index in [9.17, 15) is 4.39 Å². The van der Waals surface area contributed by atoms with Gasteiger partial charge >= 0.3 is 0 Å². The maximum Gasteiger partial charge on any atom is 0.128 e. The molecule has 2 nitrogen and oxygen atoms in total. The average Bonchev–Trinajstić information content (AvgIpc) is 2.40. The summed E-state index contributed by atoms with van der Waals surface area (Å²) in [5.74, 6) is -0.262. The van der Waals surface area contributed by atoms with Crippen LogP contribution in [0.15, 0.2) is 40.9 Å². The SMILES string of the molecule is Cc1cccc(NCc2cc(Br)ccc2F)c1C#N. The van der Waals surface area contributed by atoms with E-state index < -0.39 is 0 Å². The molecule has 0 aromatic heterocycles. The number of nitrogens with zero attached hydrogens (tertiary/aromatic N) is 1. The topological polar surface area (TPSA) is 35.8 Å². The van der Waals surface area contributed by atoms with E-state index in [0.29, 0.717) is 17.7 Å². The van der Waals surface area contributed by atoms with E-state index in [4.69, 9.17) is 5.26 Å². The number of hydrogen-bond donors (Lipinski definition) is 1. The summed E-state index contributed by atoms with van der Waals surface area (Å²) in [6.45, 7) is 2.22. The summed E-state index contributed by atoms with van der Waals surface area (Å²) in [7, 11) is 0. The van der Waals surface area contributed by atoms with Gasteiger partial charge in [0.15, 0.2) is 0 Å². The van der Waals surface area contributed by atoms with Crippen molar-refractivity contribution in [1.82, 2.24) is 0 Å². The molecule has 0 amide bonds. The quantitative estimate of drug-likeness (QED) is 0.911. The molecule has 0 saturated heterocycles.